The number of benzene rings is 1. The van der Waals surface area contributed by atoms with Crippen LogP contribution in [0.4, 0.5) is 0 Å². The number of aromatic nitrogens is 2. The predicted octanol–water partition coefficient (Wildman–Crippen LogP) is 3.04. The molecular formula is C14H14BrN3O. The van der Waals surface area contributed by atoms with E-state index in [2.05, 4.69) is 31.2 Å². The lowest BCUT2D eigenvalue weighted by Crippen LogP contribution is -2.27. The van der Waals surface area contributed by atoms with Crippen molar-refractivity contribution in [1.29, 1.82) is 0 Å². The van der Waals surface area contributed by atoms with Crippen LogP contribution < -0.4 is 5.32 Å². The number of carbonyl (C=O) groups excluding carboxylic acids is 1. The first kappa shape index (κ1) is 13.7. The van der Waals surface area contributed by atoms with Gasteiger partial charge in [0.1, 0.15) is 5.69 Å². The molecule has 4 nitrogen and oxygen atoms in total. The van der Waals surface area contributed by atoms with Crippen LogP contribution in [0.5, 0.6) is 0 Å². The first-order valence-electron chi connectivity index (χ1n) is 5.91. The highest BCUT2D eigenvalue weighted by Gasteiger charge is 2.12. The molecule has 1 aromatic carbocycles. The van der Waals surface area contributed by atoms with Crippen LogP contribution in [0.1, 0.15) is 34.7 Å². The van der Waals surface area contributed by atoms with Crippen LogP contribution in [0.15, 0.2) is 41.1 Å². The Kier molecular flexibility index (Phi) is 4.27. The third-order valence-corrected chi connectivity index (χ3v) is 3.20. The van der Waals surface area contributed by atoms with Crippen LogP contribution in [0.25, 0.3) is 0 Å². The molecule has 0 spiro atoms. The van der Waals surface area contributed by atoms with Gasteiger partial charge in [0.15, 0.2) is 0 Å². The van der Waals surface area contributed by atoms with Crippen LogP contribution >= 0.6 is 15.9 Å². The van der Waals surface area contributed by atoms with Crippen LogP contribution in [0.2, 0.25) is 0 Å². The molecule has 0 radical (unpaired) electrons. The lowest BCUT2D eigenvalue weighted by molar-refractivity contribution is 0.0934. The molecule has 5 heteroatoms. The molecule has 0 aliphatic carbocycles. The van der Waals surface area contributed by atoms with Gasteiger partial charge in [-0.15, -0.1) is 0 Å². The number of hydrogen-bond donors (Lipinski definition) is 1. The van der Waals surface area contributed by atoms with Crippen molar-refractivity contribution in [3.63, 3.8) is 0 Å². The summed E-state index contributed by atoms with van der Waals surface area (Å²) in [7, 11) is 0. The lowest BCUT2D eigenvalue weighted by Gasteiger charge is -2.14. The molecule has 2 aromatic rings. The minimum atomic E-state index is -0.222. The van der Waals surface area contributed by atoms with Gasteiger partial charge in [-0.2, -0.15) is 0 Å². The second kappa shape index (κ2) is 5.93. The average molecular weight is 320 g/mol. The van der Waals surface area contributed by atoms with E-state index in [4.69, 9.17) is 0 Å². The van der Waals surface area contributed by atoms with Gasteiger partial charge in [-0.1, -0.05) is 28.1 Å². The van der Waals surface area contributed by atoms with E-state index >= 15 is 0 Å². The van der Waals surface area contributed by atoms with Gasteiger partial charge >= 0.3 is 0 Å². The van der Waals surface area contributed by atoms with E-state index in [1.807, 2.05) is 38.1 Å². The Labute approximate surface area is 120 Å². The minimum absolute atomic E-state index is 0.0897. The zero-order valence-corrected chi connectivity index (χ0v) is 12.3. The maximum atomic E-state index is 12.0. The quantitative estimate of drug-likeness (QED) is 0.946. The molecule has 0 fully saturated rings. The van der Waals surface area contributed by atoms with Crippen molar-refractivity contribution < 1.29 is 4.79 Å². The Balaban J connectivity index is 2.08. The van der Waals surface area contributed by atoms with Crippen molar-refractivity contribution in [3.8, 4) is 0 Å². The maximum absolute atomic E-state index is 12.0. The summed E-state index contributed by atoms with van der Waals surface area (Å²) >= 11 is 3.41. The van der Waals surface area contributed by atoms with Gasteiger partial charge < -0.3 is 5.32 Å². The largest absolute Gasteiger partial charge is 0.344 e. The summed E-state index contributed by atoms with van der Waals surface area (Å²) in [5.41, 5.74) is 2.15. The number of carbonyl (C=O) groups is 1. The summed E-state index contributed by atoms with van der Waals surface area (Å²) in [5, 5.41) is 2.90. The summed E-state index contributed by atoms with van der Waals surface area (Å²) in [6, 6.07) is 7.74. The molecule has 2 rings (SSSR count). The van der Waals surface area contributed by atoms with Gasteiger partial charge in [0.2, 0.25) is 0 Å². The fraction of sp³-hybridized carbons (Fsp3) is 0.214. The van der Waals surface area contributed by atoms with Crippen molar-refractivity contribution in [1.82, 2.24) is 15.3 Å². The lowest BCUT2D eigenvalue weighted by atomic mass is 10.1. The molecule has 0 aliphatic rings. The highest BCUT2D eigenvalue weighted by Crippen LogP contribution is 2.18. The first-order valence-corrected chi connectivity index (χ1v) is 6.70. The SMILES string of the molecule is Cc1cnc(C(=O)NC(C)c2cccc(Br)c2)cn1. The Hall–Kier alpha value is -1.75. The Morgan fingerprint density at radius 2 is 2.11 bits per heavy atom. The van der Waals surface area contributed by atoms with Crippen LogP contribution in [-0.4, -0.2) is 15.9 Å². The molecule has 19 heavy (non-hydrogen) atoms. The number of nitrogens with zero attached hydrogens (tertiary/aromatic N) is 2. The van der Waals surface area contributed by atoms with Crippen LogP contribution in [0.3, 0.4) is 0 Å². The molecule has 0 saturated heterocycles. The third kappa shape index (κ3) is 3.61. The average Bonchev–Trinajstić information content (AvgIpc) is 2.39. The van der Waals surface area contributed by atoms with Gasteiger partial charge in [0.25, 0.3) is 5.91 Å². The Bertz CT molecular complexity index is 583. The van der Waals surface area contributed by atoms with Crippen molar-refractivity contribution in [3.05, 3.63) is 58.1 Å². The van der Waals surface area contributed by atoms with E-state index in [1.165, 1.54) is 6.20 Å². The summed E-state index contributed by atoms with van der Waals surface area (Å²) < 4.78 is 0.987. The number of aryl methyl sites for hydroxylation is 1. The third-order valence-electron chi connectivity index (χ3n) is 2.71. The first-order chi connectivity index (χ1) is 9.06. The maximum Gasteiger partial charge on any atom is 0.271 e. The summed E-state index contributed by atoms with van der Waals surface area (Å²) in [5.74, 6) is -0.222. The molecule has 0 saturated carbocycles. The molecule has 98 valence electrons. The molecular weight excluding hydrogens is 306 g/mol. The fourth-order valence-electron chi connectivity index (χ4n) is 1.64. The summed E-state index contributed by atoms with van der Waals surface area (Å²) in [6.45, 7) is 3.76. The number of hydrogen-bond acceptors (Lipinski definition) is 3. The topological polar surface area (TPSA) is 54.9 Å². The van der Waals surface area contributed by atoms with E-state index in [1.54, 1.807) is 6.20 Å². The van der Waals surface area contributed by atoms with Crippen LogP contribution in [-0.2, 0) is 0 Å². The second-order valence-electron chi connectivity index (χ2n) is 4.29. The van der Waals surface area contributed by atoms with Gasteiger partial charge in [-0.3, -0.25) is 9.78 Å². The zero-order chi connectivity index (χ0) is 13.8. The van der Waals surface area contributed by atoms with E-state index in [9.17, 15) is 4.79 Å². The summed E-state index contributed by atoms with van der Waals surface area (Å²) in [6.07, 6.45) is 3.07. The number of rotatable bonds is 3. The normalized spacial score (nSPS) is 11.9. The van der Waals surface area contributed by atoms with Gasteiger partial charge in [0.05, 0.1) is 17.9 Å². The second-order valence-corrected chi connectivity index (χ2v) is 5.21. The molecule has 0 bridgehead atoms. The van der Waals surface area contributed by atoms with Gasteiger partial charge in [0, 0.05) is 10.7 Å². The van der Waals surface area contributed by atoms with Crippen molar-refractivity contribution in [2.45, 2.75) is 19.9 Å². The van der Waals surface area contributed by atoms with E-state index in [0.717, 1.165) is 15.7 Å². The molecule has 1 atom stereocenters. The zero-order valence-electron chi connectivity index (χ0n) is 10.7. The summed E-state index contributed by atoms with van der Waals surface area (Å²) in [4.78, 5) is 20.1. The molecule has 1 heterocycles. The smallest absolute Gasteiger partial charge is 0.271 e. The van der Waals surface area contributed by atoms with Gasteiger partial charge in [-0.05, 0) is 31.5 Å². The molecule has 1 amide bonds. The van der Waals surface area contributed by atoms with E-state index in [-0.39, 0.29) is 11.9 Å². The monoisotopic (exact) mass is 319 g/mol. The van der Waals surface area contributed by atoms with E-state index < -0.39 is 0 Å². The van der Waals surface area contributed by atoms with Crippen LogP contribution in [0, 0.1) is 6.92 Å². The fourth-order valence-corrected chi connectivity index (χ4v) is 2.06. The highest BCUT2D eigenvalue weighted by molar-refractivity contribution is 9.10. The number of halogens is 1. The Morgan fingerprint density at radius 1 is 1.32 bits per heavy atom. The standard InChI is InChI=1S/C14H14BrN3O/c1-9-7-17-13(8-16-9)14(19)18-10(2)11-4-3-5-12(15)6-11/h3-8,10H,1-2H3,(H,18,19). The number of nitrogens with one attached hydrogen (secondary N) is 1. The predicted molar refractivity (Wildman–Crippen MR) is 76.8 cm³/mol. The number of amides is 1. The highest BCUT2D eigenvalue weighted by atomic mass is 79.9. The Morgan fingerprint density at radius 3 is 2.74 bits per heavy atom. The van der Waals surface area contributed by atoms with Gasteiger partial charge in [-0.25, -0.2) is 4.98 Å². The minimum Gasteiger partial charge on any atom is -0.344 e. The van der Waals surface area contributed by atoms with Crippen molar-refractivity contribution in [2.75, 3.05) is 0 Å². The van der Waals surface area contributed by atoms with Crippen molar-refractivity contribution in [2.24, 2.45) is 0 Å². The molecule has 1 aromatic heterocycles. The molecule has 1 N–H and O–H groups in total. The molecule has 1 unspecified atom stereocenters. The van der Waals surface area contributed by atoms with E-state index in [0.29, 0.717) is 5.69 Å². The molecule has 0 aliphatic heterocycles. The van der Waals surface area contributed by atoms with Crippen molar-refractivity contribution >= 4 is 21.8 Å².